The molecule has 0 amide bonds. The van der Waals surface area contributed by atoms with Crippen molar-refractivity contribution in [2.75, 3.05) is 0 Å². The van der Waals surface area contributed by atoms with E-state index in [0.717, 1.165) is 5.69 Å². The number of rotatable bonds is 3. The summed E-state index contributed by atoms with van der Waals surface area (Å²) in [5.41, 5.74) is 0.796. The lowest BCUT2D eigenvalue weighted by Crippen LogP contribution is -2.14. The number of carboxylic acids is 1. The average molecular weight is 180 g/mol. The maximum Gasteiger partial charge on any atom is 0.314 e. The molecule has 13 heavy (non-hydrogen) atoms. The van der Waals surface area contributed by atoms with Gasteiger partial charge in [0.05, 0.1) is 0 Å². The van der Waals surface area contributed by atoms with Crippen LogP contribution in [0.15, 0.2) is 12.3 Å². The molecule has 1 aromatic rings. The Kier molecular flexibility index (Phi) is 2.95. The molecule has 0 fully saturated rings. The summed E-state index contributed by atoms with van der Waals surface area (Å²) in [6, 6.07) is 1.75. The third-order valence-electron chi connectivity index (χ3n) is 1.83. The molecular formula is C9H12N2O2. The van der Waals surface area contributed by atoms with Crippen molar-refractivity contribution in [1.29, 1.82) is 0 Å². The number of aliphatic carboxylic acids is 1. The van der Waals surface area contributed by atoms with Crippen LogP contribution in [0, 0.1) is 6.92 Å². The van der Waals surface area contributed by atoms with Gasteiger partial charge in [-0.05, 0) is 19.4 Å². The van der Waals surface area contributed by atoms with E-state index >= 15 is 0 Å². The summed E-state index contributed by atoms with van der Waals surface area (Å²) in [5, 5.41) is 8.84. The number of carboxylic acid groups (broad SMARTS) is 1. The molecule has 0 aliphatic rings. The highest BCUT2D eigenvalue weighted by Gasteiger charge is 2.20. The monoisotopic (exact) mass is 180 g/mol. The first-order valence-electron chi connectivity index (χ1n) is 4.17. The molecule has 0 aliphatic heterocycles. The van der Waals surface area contributed by atoms with E-state index in [9.17, 15) is 4.79 Å². The van der Waals surface area contributed by atoms with E-state index in [-0.39, 0.29) is 0 Å². The molecule has 1 rings (SSSR count). The highest BCUT2D eigenvalue weighted by molar-refractivity contribution is 5.74. The predicted molar refractivity (Wildman–Crippen MR) is 47.4 cm³/mol. The van der Waals surface area contributed by atoms with Crippen LogP contribution in [0.4, 0.5) is 0 Å². The topological polar surface area (TPSA) is 63.1 Å². The Balaban J connectivity index is 2.98. The summed E-state index contributed by atoms with van der Waals surface area (Å²) < 4.78 is 0. The highest BCUT2D eigenvalue weighted by Crippen LogP contribution is 2.14. The zero-order valence-electron chi connectivity index (χ0n) is 7.69. The molecule has 0 saturated heterocycles. The lowest BCUT2D eigenvalue weighted by molar-refractivity contribution is -0.139. The van der Waals surface area contributed by atoms with Crippen molar-refractivity contribution in [2.24, 2.45) is 0 Å². The van der Waals surface area contributed by atoms with Crippen LogP contribution in [0.5, 0.6) is 0 Å². The van der Waals surface area contributed by atoms with Gasteiger partial charge in [-0.1, -0.05) is 6.92 Å². The van der Waals surface area contributed by atoms with Crippen molar-refractivity contribution in [1.82, 2.24) is 9.97 Å². The van der Waals surface area contributed by atoms with Crippen LogP contribution in [-0.2, 0) is 4.79 Å². The normalized spacial score (nSPS) is 12.5. The van der Waals surface area contributed by atoms with E-state index in [1.54, 1.807) is 12.3 Å². The molecule has 1 aromatic heterocycles. The standard InChI is InChI=1S/C9H12N2O2/c1-3-7(9(12)13)8-10-5-4-6(2)11-8/h4-5,7H,3H2,1-2H3,(H,12,13). The fourth-order valence-electron chi connectivity index (χ4n) is 1.10. The number of aromatic nitrogens is 2. The Morgan fingerprint density at radius 2 is 2.38 bits per heavy atom. The van der Waals surface area contributed by atoms with Gasteiger partial charge in [-0.15, -0.1) is 0 Å². The van der Waals surface area contributed by atoms with Crippen molar-refractivity contribution in [3.05, 3.63) is 23.8 Å². The fourth-order valence-corrected chi connectivity index (χ4v) is 1.10. The number of nitrogens with zero attached hydrogens (tertiary/aromatic N) is 2. The van der Waals surface area contributed by atoms with Gasteiger partial charge in [0.2, 0.25) is 0 Å². The summed E-state index contributed by atoms with van der Waals surface area (Å²) in [6.45, 7) is 3.63. The maximum atomic E-state index is 10.8. The van der Waals surface area contributed by atoms with Crippen molar-refractivity contribution in [2.45, 2.75) is 26.2 Å². The van der Waals surface area contributed by atoms with Gasteiger partial charge in [-0.3, -0.25) is 4.79 Å². The highest BCUT2D eigenvalue weighted by atomic mass is 16.4. The van der Waals surface area contributed by atoms with Gasteiger partial charge in [0.1, 0.15) is 11.7 Å². The predicted octanol–water partition coefficient (Wildman–Crippen LogP) is 1.36. The molecule has 4 nitrogen and oxygen atoms in total. The largest absolute Gasteiger partial charge is 0.481 e. The van der Waals surface area contributed by atoms with Crippen molar-refractivity contribution in [3.63, 3.8) is 0 Å². The second-order valence-electron chi connectivity index (χ2n) is 2.86. The zero-order chi connectivity index (χ0) is 9.84. The molecule has 0 saturated carbocycles. The number of carbonyl (C=O) groups is 1. The lowest BCUT2D eigenvalue weighted by Gasteiger charge is -2.07. The van der Waals surface area contributed by atoms with Gasteiger partial charge >= 0.3 is 5.97 Å². The minimum Gasteiger partial charge on any atom is -0.481 e. The molecule has 0 radical (unpaired) electrons. The summed E-state index contributed by atoms with van der Waals surface area (Å²) in [4.78, 5) is 18.8. The van der Waals surface area contributed by atoms with Crippen molar-refractivity contribution < 1.29 is 9.90 Å². The van der Waals surface area contributed by atoms with Crippen LogP contribution < -0.4 is 0 Å². The minimum absolute atomic E-state index is 0.398. The molecule has 1 heterocycles. The maximum absolute atomic E-state index is 10.8. The van der Waals surface area contributed by atoms with Gasteiger partial charge in [0.15, 0.2) is 0 Å². The number of hydrogen-bond donors (Lipinski definition) is 1. The Bertz CT molecular complexity index is 312. The second kappa shape index (κ2) is 3.98. The van der Waals surface area contributed by atoms with E-state index in [0.29, 0.717) is 12.2 Å². The molecule has 0 aliphatic carbocycles. The van der Waals surface area contributed by atoms with Gasteiger partial charge in [-0.25, -0.2) is 9.97 Å². The van der Waals surface area contributed by atoms with Gasteiger partial charge in [0.25, 0.3) is 0 Å². The fraction of sp³-hybridized carbons (Fsp3) is 0.444. The van der Waals surface area contributed by atoms with Gasteiger partial charge < -0.3 is 5.11 Å². The first kappa shape index (κ1) is 9.64. The third kappa shape index (κ3) is 2.24. The van der Waals surface area contributed by atoms with E-state index in [2.05, 4.69) is 9.97 Å². The van der Waals surface area contributed by atoms with Crippen LogP contribution >= 0.6 is 0 Å². The lowest BCUT2D eigenvalue weighted by atomic mass is 10.1. The quantitative estimate of drug-likeness (QED) is 0.762. The molecule has 0 aromatic carbocycles. The first-order chi connectivity index (χ1) is 6.15. The molecule has 1 atom stereocenters. The minimum atomic E-state index is -0.867. The van der Waals surface area contributed by atoms with Crippen LogP contribution in [0.2, 0.25) is 0 Å². The molecular weight excluding hydrogens is 168 g/mol. The van der Waals surface area contributed by atoms with Crippen LogP contribution in [0.25, 0.3) is 0 Å². The number of hydrogen-bond acceptors (Lipinski definition) is 3. The third-order valence-corrected chi connectivity index (χ3v) is 1.83. The number of aryl methyl sites for hydroxylation is 1. The van der Waals surface area contributed by atoms with E-state index in [1.807, 2.05) is 13.8 Å². The van der Waals surface area contributed by atoms with Crippen molar-refractivity contribution in [3.8, 4) is 0 Å². The Morgan fingerprint density at radius 3 is 2.85 bits per heavy atom. The molecule has 1 N–H and O–H groups in total. The van der Waals surface area contributed by atoms with Crippen LogP contribution in [0.3, 0.4) is 0 Å². The smallest absolute Gasteiger partial charge is 0.314 e. The van der Waals surface area contributed by atoms with E-state index in [4.69, 9.17) is 5.11 Å². The van der Waals surface area contributed by atoms with Gasteiger partial charge in [0, 0.05) is 11.9 Å². The summed E-state index contributed by atoms with van der Waals surface area (Å²) in [6.07, 6.45) is 2.10. The van der Waals surface area contributed by atoms with Crippen molar-refractivity contribution >= 4 is 5.97 Å². The Labute approximate surface area is 76.7 Å². The zero-order valence-corrected chi connectivity index (χ0v) is 7.69. The average Bonchev–Trinajstić information content (AvgIpc) is 2.04. The second-order valence-corrected chi connectivity index (χ2v) is 2.86. The van der Waals surface area contributed by atoms with Gasteiger partial charge in [-0.2, -0.15) is 0 Å². The van der Waals surface area contributed by atoms with E-state index in [1.165, 1.54) is 0 Å². The summed E-state index contributed by atoms with van der Waals surface area (Å²) in [5.74, 6) is -1.05. The van der Waals surface area contributed by atoms with Crippen LogP contribution in [-0.4, -0.2) is 21.0 Å². The summed E-state index contributed by atoms with van der Waals surface area (Å²) >= 11 is 0. The Morgan fingerprint density at radius 1 is 1.69 bits per heavy atom. The molecule has 4 heteroatoms. The molecule has 70 valence electrons. The van der Waals surface area contributed by atoms with Crippen LogP contribution in [0.1, 0.15) is 30.8 Å². The first-order valence-corrected chi connectivity index (χ1v) is 4.17. The molecule has 0 spiro atoms. The molecule has 1 unspecified atom stereocenters. The summed E-state index contributed by atoms with van der Waals surface area (Å²) in [7, 11) is 0. The Hall–Kier alpha value is -1.45. The molecule has 0 bridgehead atoms. The SMILES string of the molecule is CCC(C(=O)O)c1nccc(C)n1. The van der Waals surface area contributed by atoms with E-state index < -0.39 is 11.9 Å².